The Balaban J connectivity index is 2.38. The van der Waals surface area contributed by atoms with Crippen molar-refractivity contribution in [1.82, 2.24) is 0 Å². The first kappa shape index (κ1) is 12.1. The fourth-order valence-corrected chi connectivity index (χ4v) is 2.67. The standard InChI is InChI=1S/C11H5BrCl2OS/c12-10-4-7(5-16-10)11(15)6-1-2-8(13)9(14)3-6/h1-5H. The van der Waals surface area contributed by atoms with Gasteiger partial charge < -0.3 is 0 Å². The molecule has 0 amide bonds. The van der Waals surface area contributed by atoms with Crippen LogP contribution >= 0.6 is 50.5 Å². The van der Waals surface area contributed by atoms with Crippen LogP contribution in [-0.2, 0) is 0 Å². The Morgan fingerprint density at radius 1 is 1.12 bits per heavy atom. The van der Waals surface area contributed by atoms with Crippen LogP contribution in [0.15, 0.2) is 33.4 Å². The molecular formula is C11H5BrCl2OS. The summed E-state index contributed by atoms with van der Waals surface area (Å²) in [6.07, 6.45) is 0. The highest BCUT2D eigenvalue weighted by molar-refractivity contribution is 9.11. The number of carbonyl (C=O) groups is 1. The molecule has 0 saturated heterocycles. The zero-order chi connectivity index (χ0) is 11.7. The fraction of sp³-hybridized carbons (Fsp3) is 0. The third kappa shape index (κ3) is 2.48. The van der Waals surface area contributed by atoms with E-state index in [-0.39, 0.29) is 5.78 Å². The lowest BCUT2D eigenvalue weighted by atomic mass is 10.1. The smallest absolute Gasteiger partial charge is 0.193 e. The summed E-state index contributed by atoms with van der Waals surface area (Å²) in [7, 11) is 0. The average Bonchev–Trinajstić information content (AvgIpc) is 2.68. The van der Waals surface area contributed by atoms with E-state index in [0.29, 0.717) is 21.2 Å². The van der Waals surface area contributed by atoms with E-state index in [0.717, 1.165) is 3.79 Å². The van der Waals surface area contributed by atoms with Crippen molar-refractivity contribution in [3.05, 3.63) is 54.6 Å². The van der Waals surface area contributed by atoms with Crippen LogP contribution in [0.1, 0.15) is 15.9 Å². The average molecular weight is 336 g/mol. The predicted molar refractivity (Wildman–Crippen MR) is 71.9 cm³/mol. The maximum Gasteiger partial charge on any atom is 0.193 e. The molecule has 1 nitrogen and oxygen atoms in total. The normalized spacial score (nSPS) is 10.4. The molecule has 0 atom stereocenters. The van der Waals surface area contributed by atoms with Crippen molar-refractivity contribution in [2.75, 3.05) is 0 Å². The van der Waals surface area contributed by atoms with Crippen LogP contribution in [0.2, 0.25) is 10.0 Å². The lowest BCUT2D eigenvalue weighted by Crippen LogP contribution is -1.99. The minimum atomic E-state index is -0.0551. The highest BCUT2D eigenvalue weighted by Crippen LogP contribution is 2.26. The summed E-state index contributed by atoms with van der Waals surface area (Å²) in [5, 5.41) is 2.64. The molecule has 0 fully saturated rings. The second-order valence-corrected chi connectivity index (χ2v) is 6.20. The van der Waals surface area contributed by atoms with Gasteiger partial charge in [0.25, 0.3) is 0 Å². The second-order valence-electron chi connectivity index (χ2n) is 3.10. The minimum absolute atomic E-state index is 0.0551. The summed E-state index contributed by atoms with van der Waals surface area (Å²) in [5.74, 6) is -0.0551. The van der Waals surface area contributed by atoms with Crippen molar-refractivity contribution in [2.45, 2.75) is 0 Å². The molecule has 2 aromatic rings. The van der Waals surface area contributed by atoms with Gasteiger partial charge in [-0.3, -0.25) is 4.79 Å². The Morgan fingerprint density at radius 2 is 1.88 bits per heavy atom. The summed E-state index contributed by atoms with van der Waals surface area (Å²) in [5.41, 5.74) is 1.19. The Kier molecular flexibility index (Phi) is 3.70. The lowest BCUT2D eigenvalue weighted by molar-refractivity contribution is 0.103. The monoisotopic (exact) mass is 334 g/mol. The number of hydrogen-bond acceptors (Lipinski definition) is 2. The molecule has 0 saturated carbocycles. The van der Waals surface area contributed by atoms with Crippen LogP contribution in [0.25, 0.3) is 0 Å². The topological polar surface area (TPSA) is 17.1 Å². The van der Waals surface area contributed by atoms with E-state index in [1.807, 2.05) is 0 Å². The number of thiophene rings is 1. The van der Waals surface area contributed by atoms with Gasteiger partial charge in [0.15, 0.2) is 5.78 Å². The molecule has 16 heavy (non-hydrogen) atoms. The van der Waals surface area contributed by atoms with E-state index in [9.17, 15) is 4.79 Å². The van der Waals surface area contributed by atoms with Gasteiger partial charge in [0.05, 0.1) is 13.8 Å². The van der Waals surface area contributed by atoms with Crippen molar-refractivity contribution in [2.24, 2.45) is 0 Å². The summed E-state index contributed by atoms with van der Waals surface area (Å²) in [6.45, 7) is 0. The molecule has 1 aromatic heterocycles. The number of halogens is 3. The predicted octanol–water partition coefficient (Wildman–Crippen LogP) is 5.05. The minimum Gasteiger partial charge on any atom is -0.289 e. The van der Waals surface area contributed by atoms with Gasteiger partial charge in [-0.2, -0.15) is 0 Å². The van der Waals surface area contributed by atoms with Crippen molar-refractivity contribution < 1.29 is 4.79 Å². The number of benzene rings is 1. The van der Waals surface area contributed by atoms with Crippen LogP contribution in [0.4, 0.5) is 0 Å². The molecule has 1 aromatic carbocycles. The van der Waals surface area contributed by atoms with Gasteiger partial charge in [-0.25, -0.2) is 0 Å². The molecule has 0 N–H and O–H groups in total. The molecule has 0 aliphatic carbocycles. The maximum absolute atomic E-state index is 12.0. The van der Waals surface area contributed by atoms with Gasteiger partial charge in [-0.1, -0.05) is 23.2 Å². The van der Waals surface area contributed by atoms with E-state index >= 15 is 0 Å². The molecule has 0 bridgehead atoms. The maximum atomic E-state index is 12.0. The Labute approximate surface area is 115 Å². The quantitative estimate of drug-likeness (QED) is 0.702. The zero-order valence-electron chi connectivity index (χ0n) is 7.84. The number of rotatable bonds is 2. The molecule has 2 rings (SSSR count). The number of ketones is 1. The molecule has 0 unspecified atom stereocenters. The molecule has 0 radical (unpaired) electrons. The zero-order valence-corrected chi connectivity index (χ0v) is 11.8. The van der Waals surface area contributed by atoms with E-state index in [1.54, 1.807) is 29.6 Å². The Morgan fingerprint density at radius 3 is 2.44 bits per heavy atom. The van der Waals surface area contributed by atoms with E-state index < -0.39 is 0 Å². The van der Waals surface area contributed by atoms with Crippen LogP contribution in [-0.4, -0.2) is 5.78 Å². The number of carbonyl (C=O) groups excluding carboxylic acids is 1. The van der Waals surface area contributed by atoms with Crippen LogP contribution in [0.3, 0.4) is 0 Å². The van der Waals surface area contributed by atoms with Gasteiger partial charge in [0.1, 0.15) is 0 Å². The van der Waals surface area contributed by atoms with Crippen molar-refractivity contribution in [1.29, 1.82) is 0 Å². The molecule has 0 spiro atoms. The van der Waals surface area contributed by atoms with E-state index in [4.69, 9.17) is 23.2 Å². The highest BCUT2D eigenvalue weighted by Gasteiger charge is 2.12. The van der Waals surface area contributed by atoms with Gasteiger partial charge in [0, 0.05) is 16.5 Å². The summed E-state index contributed by atoms with van der Waals surface area (Å²) < 4.78 is 0.927. The Bertz CT molecular complexity index is 551. The third-order valence-corrected chi connectivity index (χ3v) is 4.25. The number of hydrogen-bond donors (Lipinski definition) is 0. The molecule has 82 valence electrons. The van der Waals surface area contributed by atoms with Crippen LogP contribution in [0, 0.1) is 0 Å². The van der Waals surface area contributed by atoms with E-state index in [2.05, 4.69) is 15.9 Å². The van der Waals surface area contributed by atoms with Crippen molar-refractivity contribution in [3.8, 4) is 0 Å². The first-order valence-corrected chi connectivity index (χ1v) is 6.74. The fourth-order valence-electron chi connectivity index (χ4n) is 1.23. The third-order valence-electron chi connectivity index (χ3n) is 2.01. The van der Waals surface area contributed by atoms with Crippen molar-refractivity contribution >= 4 is 56.3 Å². The first-order valence-electron chi connectivity index (χ1n) is 4.31. The summed E-state index contributed by atoms with van der Waals surface area (Å²) >= 11 is 16.4. The van der Waals surface area contributed by atoms with Crippen molar-refractivity contribution in [3.63, 3.8) is 0 Å². The van der Waals surface area contributed by atoms with Gasteiger partial charge in [-0.05, 0) is 40.2 Å². The molecule has 0 aliphatic heterocycles. The van der Waals surface area contributed by atoms with Crippen LogP contribution < -0.4 is 0 Å². The molecule has 1 heterocycles. The summed E-state index contributed by atoms with van der Waals surface area (Å²) in [4.78, 5) is 12.0. The summed E-state index contributed by atoms with van der Waals surface area (Å²) in [6, 6.07) is 6.66. The van der Waals surface area contributed by atoms with Crippen LogP contribution in [0.5, 0.6) is 0 Å². The van der Waals surface area contributed by atoms with E-state index in [1.165, 1.54) is 11.3 Å². The Hall–Kier alpha value is -0.350. The molecule has 0 aliphatic rings. The lowest BCUT2D eigenvalue weighted by Gasteiger charge is -2.00. The second kappa shape index (κ2) is 4.88. The SMILES string of the molecule is O=C(c1csc(Br)c1)c1ccc(Cl)c(Cl)c1. The molecule has 5 heteroatoms. The van der Waals surface area contributed by atoms with Gasteiger partial charge in [0.2, 0.25) is 0 Å². The molecular weight excluding hydrogens is 331 g/mol. The first-order chi connectivity index (χ1) is 7.58. The van der Waals surface area contributed by atoms with Gasteiger partial charge in [-0.15, -0.1) is 11.3 Å². The van der Waals surface area contributed by atoms with Gasteiger partial charge >= 0.3 is 0 Å². The highest BCUT2D eigenvalue weighted by atomic mass is 79.9. The largest absolute Gasteiger partial charge is 0.289 e.